The van der Waals surface area contributed by atoms with Crippen molar-refractivity contribution in [2.45, 2.75) is 275 Å². The Morgan fingerprint density at radius 2 is 0.325 bits per heavy atom. The predicted molar refractivity (Wildman–Crippen MR) is 565 cm³/mol. The Hall–Kier alpha value is 8.98. The Morgan fingerprint density at radius 3 is 0.456 bits per heavy atom. The summed E-state index contributed by atoms with van der Waals surface area (Å²) >= 11 is 0. The smallest absolute Gasteiger partial charge is 0.331 e. The fraction of sp³-hybridized carbons (Fsp3) is 1.00. The normalized spacial score (nSPS) is 19.9. The number of hydrogen-bond donors (Lipinski definition) is 0. The average molecular weight is 2170 g/mol. The summed E-state index contributed by atoms with van der Waals surface area (Å²) < 4.78 is 134. The molecule has 0 saturated heterocycles. The van der Waals surface area contributed by atoms with Crippen molar-refractivity contribution in [3.63, 3.8) is 0 Å². The molecule has 0 aromatic heterocycles. The maximum Gasteiger partial charge on any atom is 0.808 e. The van der Waals surface area contributed by atoms with E-state index in [1.807, 2.05) is 124 Å². The molecule has 1 saturated carbocycles. The van der Waals surface area contributed by atoms with Crippen LogP contribution >= 0.6 is 188 Å². The molecule has 48 heteroatoms. The summed E-state index contributed by atoms with van der Waals surface area (Å²) in [6, 6.07) is 0. The summed E-state index contributed by atoms with van der Waals surface area (Å²) in [4.78, 5) is 0. The molecule has 0 aromatic rings. The van der Waals surface area contributed by atoms with Gasteiger partial charge in [0.05, 0.1) is 0 Å². The van der Waals surface area contributed by atoms with Crippen molar-refractivity contribution in [2.24, 2.45) is 0 Å². The molecule has 1 fully saturated rings. The van der Waals surface area contributed by atoms with Crippen molar-refractivity contribution in [1.29, 1.82) is 0 Å². The van der Waals surface area contributed by atoms with Crippen LogP contribution in [0.25, 0.3) is 0 Å². The summed E-state index contributed by atoms with van der Waals surface area (Å²) in [6.45, 7) is 58.5. The van der Waals surface area contributed by atoms with Gasteiger partial charge in [-0.15, -0.1) is 0 Å². The lowest BCUT2D eigenvalue weighted by Gasteiger charge is -2.50. The van der Waals surface area contributed by atoms with Crippen LogP contribution in [0.4, 0.5) is 0 Å². The maximum atomic E-state index is 7.72. The minimum absolute atomic E-state index is 0.362. The molecule has 0 amide bonds. The molecule has 1 aliphatic rings. The molecule has 0 spiro atoms. The van der Waals surface area contributed by atoms with Gasteiger partial charge in [0.25, 0.3) is 0 Å². The third kappa shape index (κ3) is 39.9. The second-order valence-electron chi connectivity index (χ2n) is 23.1. The summed E-state index contributed by atoms with van der Waals surface area (Å²) in [6.07, 6.45) is 14.0. The van der Waals surface area contributed by atoms with Gasteiger partial charge < -0.3 is 79.7 Å². The highest BCUT2D eigenvalue weighted by Gasteiger charge is 2.91. The van der Waals surface area contributed by atoms with Crippen molar-refractivity contribution in [2.75, 3.05) is 153 Å². The zero-order valence-corrected chi connectivity index (χ0v) is 98.8. The van der Waals surface area contributed by atoms with Gasteiger partial charge in [-0.2, -0.15) is 0 Å². The minimum atomic E-state index is -4.03. The number of hydrogen-bond acceptors (Lipinski definition) is 36. The fourth-order valence-corrected chi connectivity index (χ4v) is 155. The first kappa shape index (κ1) is 121. The molecule has 6 unspecified atom stereocenters. The summed E-state index contributed by atoms with van der Waals surface area (Å²) in [5, 5.41) is 0. The third-order valence-electron chi connectivity index (χ3n) is 14.1. The molecule has 0 radical (unpaired) electrons. The molecule has 6 atom stereocenters. The van der Waals surface area contributed by atoms with Gasteiger partial charge in [-0.3, -0.25) is 0 Å². The predicted octanol–water partition coefficient (Wildman–Crippen LogP) is 26.7. The third-order valence-corrected chi connectivity index (χ3v) is 134. The van der Waals surface area contributed by atoms with E-state index in [-0.39, 0.29) is 0 Å². The van der Waals surface area contributed by atoms with Gasteiger partial charge in [0, 0.05) is 153 Å². The van der Waals surface area contributed by atoms with E-state index in [1.165, 1.54) is 0 Å². The van der Waals surface area contributed by atoms with Crippen LogP contribution in [0, 0.1) is 0 Å². The van der Waals surface area contributed by atoms with Crippen LogP contribution in [0.15, 0.2) is 0 Å². The zero-order chi connectivity index (χ0) is 85.0. The van der Waals surface area contributed by atoms with Gasteiger partial charge in [0.15, 0.2) is 118 Å². The monoisotopic (exact) mass is 2170 g/mol. The molecule has 0 aliphatic heterocycles. The quantitative estimate of drug-likeness (QED) is 0.0185. The molecule has 0 N–H and O–H groups in total. The first-order valence-corrected chi connectivity index (χ1v) is 88.3. The molecule has 0 bridgehead atoms. The van der Waals surface area contributed by atoms with E-state index in [1.54, 1.807) is 0 Å². The van der Waals surface area contributed by atoms with E-state index >= 15 is 0 Å². The van der Waals surface area contributed by atoms with Gasteiger partial charge in [0.2, 0.25) is 4.08 Å². The molecule has 18 nitrogen and oxygen atoms in total. The molecule has 1 aliphatic carbocycles. The summed E-state index contributed by atoms with van der Waals surface area (Å²) in [5.41, 5.74) is 0. The maximum absolute atomic E-state index is 7.72. The lowest BCUT2D eigenvalue weighted by Crippen LogP contribution is -2.66. The highest BCUT2D eigenvalue weighted by molar-refractivity contribution is 9.36. The van der Waals surface area contributed by atoms with Crippen LogP contribution in [0.1, 0.15) is 262 Å². The van der Waals surface area contributed by atoms with E-state index in [9.17, 15) is 0 Å². The van der Waals surface area contributed by atoms with Gasteiger partial charge in [0.1, 0.15) is 64.8 Å². The Labute approximate surface area is 784 Å². The second-order valence-corrected chi connectivity index (χ2v) is 107. The number of rotatable bonds is 78. The van der Waals surface area contributed by atoms with E-state index in [0.29, 0.717) is 132 Å². The first-order valence-electron chi connectivity index (χ1n) is 41.2. The van der Waals surface area contributed by atoms with Gasteiger partial charge in [-0.1, -0.05) is 86.5 Å². The second kappa shape index (κ2) is 73.4. The van der Waals surface area contributed by atoms with Crippen LogP contribution in [-0.2, 0) is 130 Å². The lowest BCUT2D eigenvalue weighted by molar-refractivity contribution is 0.0957. The molecule has 114 heavy (non-hydrogen) atoms. The van der Waals surface area contributed by atoms with Gasteiger partial charge >= 0.3 is 47.7 Å². The topological polar surface area (TPSA) is 166 Å². The first-order chi connectivity index (χ1) is 55.3. The molecule has 0 aromatic carbocycles. The largest absolute Gasteiger partial charge is 0.808 e. The zero-order valence-electron chi connectivity index (χ0n) is 73.2. The van der Waals surface area contributed by atoms with Crippen molar-refractivity contribution in [3.05, 3.63) is 0 Å². The highest BCUT2D eigenvalue weighted by atomic mass is 33.8. The van der Waals surface area contributed by atoms with Gasteiger partial charge in [-0.05, 0) is 241 Å². The Balaban J connectivity index is 7.20. The van der Waals surface area contributed by atoms with E-state index < -0.39 is 110 Å². The SMILES string of the molecule is CCCSS[S+](SC1(S[S+](SSCCC)[Si](OCC)(OCC)OCC)CCCCCCCCCC(S[S+](SSCCC)[Si](OCC)(OCC)OCC)(S[S+](SSCCC)[Si](OCC)(OCC)OCC)C1(S[S+](SSCCC)[Si](OCC)(OCC)OCC)S[S+](SSCCC)[Si](OCC)(OCC)OCC)[Si](OCC)(OCC)OCC. The van der Waals surface area contributed by atoms with Crippen LogP contribution in [0.5, 0.6) is 0 Å². The average Bonchev–Trinajstić information content (AvgIpc) is 0.693. The fourth-order valence-electron chi connectivity index (χ4n) is 10.0. The Morgan fingerprint density at radius 1 is 0.193 bits per heavy atom. The van der Waals surface area contributed by atoms with Crippen molar-refractivity contribution < 1.29 is 79.7 Å². The molecular weight excluding hydrogens is 2020 g/mol. The van der Waals surface area contributed by atoms with E-state index in [2.05, 4.69) is 231 Å². The molecular formula is C66H150O18S24Si6+6. The van der Waals surface area contributed by atoms with Crippen molar-refractivity contribution in [1.82, 2.24) is 0 Å². The Kier molecular flexibility index (Phi) is 77.9. The minimum Gasteiger partial charge on any atom is -0.331 e. The summed E-state index contributed by atoms with van der Waals surface area (Å²) in [7, 11) is 5.57. The Bertz CT molecular complexity index is 1950. The standard InChI is InChI=1S/C66H150O18S24Si6/c1-25-58-85-97-103(109(67-31-7,68-32-8)69-33-9)91-64(92-104(98-86-59-26-2)110(70-34-10,71-35-11)72-36-12)56-54-52-50-49-51-53-55-57-65(93-105(99-87-60-27-3)111(73-37-13,74-38-14)75-39-15,94-106(100-88-61-28-4)112(76-40-16,77-41-17)78-42-18)66(64,95-107(101-89-62-29-5)113(79-43-19,80-44-20)81-45-21)96-108(102-90-63-30-6)114(82-46-22,83-47-23)84-48-24/h25-63H2,1-24H3/q+6. The summed E-state index contributed by atoms with van der Waals surface area (Å²) in [5.74, 6) is 5.30. The molecule has 684 valence electrons. The molecule has 1 rings (SSSR count). The molecule has 0 heterocycles. The van der Waals surface area contributed by atoms with E-state index in [4.69, 9.17) is 79.7 Å². The van der Waals surface area contributed by atoms with E-state index in [0.717, 1.165) is 118 Å². The van der Waals surface area contributed by atoms with Crippen LogP contribution in [0.2, 0.25) is 0 Å². The van der Waals surface area contributed by atoms with Crippen LogP contribution in [0.3, 0.4) is 0 Å². The lowest BCUT2D eigenvalue weighted by atomic mass is 9.99. The van der Waals surface area contributed by atoms with Crippen molar-refractivity contribution in [3.8, 4) is 0 Å². The van der Waals surface area contributed by atoms with Crippen LogP contribution < -0.4 is 0 Å². The van der Waals surface area contributed by atoms with Gasteiger partial charge in [-0.25, -0.2) is 0 Å². The van der Waals surface area contributed by atoms with Crippen LogP contribution in [-0.4, -0.2) is 213 Å². The highest BCUT2D eigenvalue weighted by Crippen LogP contribution is 2.82. The van der Waals surface area contributed by atoms with Crippen molar-refractivity contribution >= 4 is 287 Å².